The molecule has 1 amide bonds. The monoisotopic (exact) mass is 401 g/mol. The lowest BCUT2D eigenvalue weighted by Crippen LogP contribution is -2.41. The molecule has 1 heterocycles. The molecule has 4 rings (SSSR count). The Kier molecular flexibility index (Phi) is 5.75. The zero-order valence-electron chi connectivity index (χ0n) is 16.3. The number of carboxylic acid groups (broad SMARTS) is 1. The van der Waals surface area contributed by atoms with Crippen molar-refractivity contribution in [2.45, 2.75) is 24.8 Å². The number of hydrogen-bond donors (Lipinski definition) is 1. The van der Waals surface area contributed by atoms with Crippen molar-refractivity contribution in [3.05, 3.63) is 89.7 Å². The Bertz CT molecular complexity index is 1010. The van der Waals surface area contributed by atoms with Crippen molar-refractivity contribution in [3.8, 4) is 11.1 Å². The van der Waals surface area contributed by atoms with Gasteiger partial charge >= 0.3 is 6.09 Å². The minimum atomic E-state index is -1.23. The molecule has 1 N–H and O–H groups in total. The first-order valence-electron chi connectivity index (χ1n) is 9.82. The van der Waals surface area contributed by atoms with Gasteiger partial charge in [-0.2, -0.15) is 0 Å². The zero-order chi connectivity index (χ0) is 20.9. The fourth-order valence-electron chi connectivity index (χ4n) is 3.99. The lowest BCUT2D eigenvalue weighted by atomic mass is 9.98. The molecule has 1 aliphatic carbocycles. The third-order valence-corrected chi connectivity index (χ3v) is 5.31. The number of fused-ring (bicyclic) bond motifs is 3. The summed E-state index contributed by atoms with van der Waals surface area (Å²) in [6, 6.07) is 19.1. The summed E-state index contributed by atoms with van der Waals surface area (Å²) in [4.78, 5) is 27.5. The normalized spacial score (nSPS) is 13.2. The Morgan fingerprint density at radius 1 is 0.967 bits per heavy atom. The smallest absolute Gasteiger partial charge is 0.407 e. The number of rotatable bonds is 7. The third-order valence-electron chi connectivity index (χ3n) is 5.31. The van der Waals surface area contributed by atoms with Crippen LogP contribution >= 0.6 is 0 Å². The molecule has 0 spiro atoms. The second-order valence-electron chi connectivity index (χ2n) is 7.30. The fraction of sp³-hybridized carbons (Fsp3) is 0.208. The highest BCUT2D eigenvalue weighted by Gasteiger charge is 2.29. The SMILES string of the molecule is O=C([O-])C[C@@H](Cc1ccncc1)NC(=O)OCC1c2ccccc2-c2ccccc21. The van der Waals surface area contributed by atoms with E-state index in [1.54, 1.807) is 24.5 Å². The van der Waals surface area contributed by atoms with Crippen LogP contribution in [0.25, 0.3) is 11.1 Å². The van der Waals surface area contributed by atoms with Gasteiger partial charge in [0, 0.05) is 36.7 Å². The van der Waals surface area contributed by atoms with Gasteiger partial charge in [0.05, 0.1) is 0 Å². The van der Waals surface area contributed by atoms with E-state index in [0.29, 0.717) is 6.42 Å². The van der Waals surface area contributed by atoms with Crippen molar-refractivity contribution in [3.63, 3.8) is 0 Å². The van der Waals surface area contributed by atoms with Crippen LogP contribution in [0.1, 0.15) is 29.0 Å². The van der Waals surface area contributed by atoms with E-state index >= 15 is 0 Å². The summed E-state index contributed by atoms with van der Waals surface area (Å²) >= 11 is 0. The van der Waals surface area contributed by atoms with E-state index in [0.717, 1.165) is 27.8 Å². The Morgan fingerprint density at radius 2 is 1.57 bits per heavy atom. The van der Waals surface area contributed by atoms with Gasteiger partial charge in [0.1, 0.15) is 6.61 Å². The quantitative estimate of drug-likeness (QED) is 0.657. The van der Waals surface area contributed by atoms with E-state index in [1.165, 1.54) is 0 Å². The van der Waals surface area contributed by atoms with E-state index in [-0.39, 0.29) is 18.9 Å². The van der Waals surface area contributed by atoms with E-state index < -0.39 is 18.1 Å². The molecule has 6 heteroatoms. The predicted molar refractivity (Wildman–Crippen MR) is 110 cm³/mol. The van der Waals surface area contributed by atoms with Gasteiger partial charge in [-0.15, -0.1) is 0 Å². The van der Waals surface area contributed by atoms with Crippen LogP contribution in [-0.4, -0.2) is 29.7 Å². The Balaban J connectivity index is 1.43. The van der Waals surface area contributed by atoms with Gasteiger partial charge in [-0.25, -0.2) is 4.79 Å². The number of ether oxygens (including phenoxy) is 1. The van der Waals surface area contributed by atoms with Crippen molar-refractivity contribution in [2.75, 3.05) is 6.61 Å². The Labute approximate surface area is 174 Å². The molecule has 2 aromatic carbocycles. The number of nitrogens with one attached hydrogen (secondary N) is 1. The topological polar surface area (TPSA) is 91.4 Å². The minimum absolute atomic E-state index is 0.0528. The van der Waals surface area contributed by atoms with Crippen molar-refractivity contribution in [2.24, 2.45) is 0 Å². The zero-order valence-corrected chi connectivity index (χ0v) is 16.3. The average molecular weight is 401 g/mol. The van der Waals surface area contributed by atoms with Gasteiger partial charge in [-0.3, -0.25) is 4.98 Å². The van der Waals surface area contributed by atoms with Crippen LogP contribution in [0.3, 0.4) is 0 Å². The lowest BCUT2D eigenvalue weighted by Gasteiger charge is -2.20. The number of pyridine rings is 1. The summed E-state index contributed by atoms with van der Waals surface area (Å²) in [5, 5.41) is 13.8. The fourth-order valence-corrected chi connectivity index (χ4v) is 3.99. The van der Waals surface area contributed by atoms with Crippen LogP contribution < -0.4 is 10.4 Å². The molecule has 0 bridgehead atoms. The summed E-state index contributed by atoms with van der Waals surface area (Å²) in [5.74, 6) is -1.28. The molecule has 0 saturated carbocycles. The molecule has 6 nitrogen and oxygen atoms in total. The Morgan fingerprint density at radius 3 is 2.17 bits per heavy atom. The van der Waals surface area contributed by atoms with Crippen molar-refractivity contribution >= 4 is 12.1 Å². The molecule has 152 valence electrons. The number of alkyl carbamates (subject to hydrolysis) is 1. The van der Waals surface area contributed by atoms with Crippen molar-refractivity contribution in [1.29, 1.82) is 0 Å². The molecule has 0 saturated heterocycles. The first kappa shape index (κ1) is 19.6. The number of nitrogens with zero attached hydrogens (tertiary/aromatic N) is 1. The number of aliphatic carboxylic acids is 1. The summed E-state index contributed by atoms with van der Waals surface area (Å²) in [5.41, 5.74) is 5.41. The van der Waals surface area contributed by atoms with Gasteiger partial charge in [-0.05, 0) is 46.4 Å². The number of benzene rings is 2. The maximum absolute atomic E-state index is 12.4. The summed E-state index contributed by atoms with van der Waals surface area (Å²) in [7, 11) is 0. The number of carbonyl (C=O) groups excluding carboxylic acids is 2. The van der Waals surface area contributed by atoms with Crippen molar-refractivity contribution in [1.82, 2.24) is 10.3 Å². The number of carboxylic acids is 1. The number of amides is 1. The van der Waals surface area contributed by atoms with Gasteiger partial charge in [0.2, 0.25) is 0 Å². The summed E-state index contributed by atoms with van der Waals surface area (Å²) in [6.45, 7) is 0.174. The van der Waals surface area contributed by atoms with E-state index in [9.17, 15) is 14.7 Å². The first-order valence-corrected chi connectivity index (χ1v) is 9.82. The van der Waals surface area contributed by atoms with E-state index in [2.05, 4.69) is 22.4 Å². The molecule has 0 aliphatic heterocycles. The molecule has 1 aliphatic rings. The van der Waals surface area contributed by atoms with Crippen LogP contribution in [0.15, 0.2) is 73.1 Å². The van der Waals surface area contributed by atoms with Crippen LogP contribution in [0, 0.1) is 0 Å². The van der Waals surface area contributed by atoms with Gasteiger partial charge in [0.25, 0.3) is 0 Å². The summed E-state index contributed by atoms with van der Waals surface area (Å²) < 4.78 is 5.51. The van der Waals surface area contributed by atoms with Crippen LogP contribution in [0.2, 0.25) is 0 Å². The van der Waals surface area contributed by atoms with Gasteiger partial charge in [0.15, 0.2) is 0 Å². The van der Waals surface area contributed by atoms with Crippen LogP contribution in [0.5, 0.6) is 0 Å². The molecule has 1 atom stereocenters. The maximum Gasteiger partial charge on any atom is 0.407 e. The standard InChI is InChI=1S/C24H22N2O4/c27-23(28)14-17(13-16-9-11-25-12-10-16)26-24(29)30-15-22-20-7-3-1-5-18(20)19-6-2-4-8-21(19)22/h1-12,17,22H,13-15H2,(H,26,29)(H,27,28)/p-1/t17-/m1/s1. The molecular weight excluding hydrogens is 380 g/mol. The Hall–Kier alpha value is -3.67. The van der Waals surface area contributed by atoms with Crippen molar-refractivity contribution < 1.29 is 19.4 Å². The molecule has 1 aromatic heterocycles. The number of carbonyl (C=O) groups is 2. The number of aromatic nitrogens is 1. The minimum Gasteiger partial charge on any atom is -0.550 e. The molecule has 30 heavy (non-hydrogen) atoms. The van der Waals surface area contributed by atoms with Crippen LogP contribution in [-0.2, 0) is 16.0 Å². The highest BCUT2D eigenvalue weighted by molar-refractivity contribution is 5.79. The van der Waals surface area contributed by atoms with Crippen LogP contribution in [0.4, 0.5) is 4.79 Å². The first-order chi connectivity index (χ1) is 14.6. The summed E-state index contributed by atoms with van der Waals surface area (Å²) in [6.07, 6.45) is 2.65. The largest absolute Gasteiger partial charge is 0.550 e. The predicted octanol–water partition coefficient (Wildman–Crippen LogP) is 2.67. The second-order valence-corrected chi connectivity index (χ2v) is 7.30. The molecule has 0 unspecified atom stereocenters. The molecule has 3 aromatic rings. The third kappa shape index (κ3) is 4.33. The van der Waals surface area contributed by atoms with Gasteiger partial charge < -0.3 is 20.0 Å². The van der Waals surface area contributed by atoms with Gasteiger partial charge in [-0.1, -0.05) is 48.5 Å². The highest BCUT2D eigenvalue weighted by Crippen LogP contribution is 2.44. The lowest BCUT2D eigenvalue weighted by molar-refractivity contribution is -0.306. The average Bonchev–Trinajstić information content (AvgIpc) is 3.06. The molecule has 0 fully saturated rings. The molecular formula is C24H21N2O4-. The van der Waals surface area contributed by atoms with E-state index in [4.69, 9.17) is 4.74 Å². The maximum atomic E-state index is 12.4. The second kappa shape index (κ2) is 8.78. The number of hydrogen-bond acceptors (Lipinski definition) is 5. The highest BCUT2D eigenvalue weighted by atomic mass is 16.5. The molecule has 0 radical (unpaired) electrons. The van der Waals surface area contributed by atoms with E-state index in [1.807, 2.05) is 36.4 Å².